The van der Waals surface area contributed by atoms with Gasteiger partial charge < -0.3 is 19.2 Å². The molecule has 31 heavy (non-hydrogen) atoms. The van der Waals surface area contributed by atoms with Gasteiger partial charge in [0.15, 0.2) is 11.5 Å². The fourth-order valence-electron chi connectivity index (χ4n) is 3.60. The predicted molar refractivity (Wildman–Crippen MR) is 115 cm³/mol. The summed E-state index contributed by atoms with van der Waals surface area (Å²) in [6, 6.07) is 19.1. The van der Waals surface area contributed by atoms with Crippen LogP contribution in [0, 0.1) is 0 Å². The van der Waals surface area contributed by atoms with Crippen LogP contribution in [0.3, 0.4) is 0 Å². The molecular formula is C25H21NO5. The highest BCUT2D eigenvalue weighted by molar-refractivity contribution is 6.14. The molecule has 1 aliphatic heterocycles. The zero-order valence-corrected chi connectivity index (χ0v) is 16.9. The molecule has 2 heterocycles. The van der Waals surface area contributed by atoms with Crippen LogP contribution in [0.2, 0.25) is 0 Å². The first kappa shape index (κ1) is 20.2. The lowest BCUT2D eigenvalue weighted by molar-refractivity contribution is -0.130. The number of ether oxygens (including phenoxy) is 1. The van der Waals surface area contributed by atoms with Crippen LogP contribution in [-0.4, -0.2) is 28.8 Å². The third kappa shape index (κ3) is 4.14. The highest BCUT2D eigenvalue weighted by Gasteiger charge is 2.43. The molecule has 156 valence electrons. The normalized spacial score (nSPS) is 16.4. The molecule has 6 nitrogen and oxygen atoms in total. The van der Waals surface area contributed by atoms with E-state index < -0.39 is 23.5 Å². The van der Waals surface area contributed by atoms with Crippen molar-refractivity contribution >= 4 is 17.8 Å². The first-order valence-electron chi connectivity index (χ1n) is 9.76. The number of carbonyl (C=O) groups excluding carboxylic acids is 2. The Balaban J connectivity index is 1.71. The van der Waals surface area contributed by atoms with Crippen LogP contribution >= 0.6 is 0 Å². The van der Waals surface area contributed by atoms with Crippen LogP contribution < -0.4 is 4.74 Å². The molecule has 1 unspecified atom stereocenters. The Labute approximate surface area is 179 Å². The maximum atomic E-state index is 13.1. The summed E-state index contributed by atoms with van der Waals surface area (Å²) in [6.07, 6.45) is 4.55. The molecule has 0 radical (unpaired) electrons. The second kappa shape index (κ2) is 8.75. The molecule has 1 aliphatic rings. The number of furan rings is 1. The summed E-state index contributed by atoms with van der Waals surface area (Å²) in [5, 5.41) is 10.6. The van der Waals surface area contributed by atoms with Crippen molar-refractivity contribution in [3.05, 3.63) is 107 Å². The molecule has 0 spiro atoms. The average Bonchev–Trinajstić information content (AvgIpc) is 3.41. The van der Waals surface area contributed by atoms with Crippen LogP contribution in [-0.2, 0) is 16.1 Å². The number of benzene rings is 2. The van der Waals surface area contributed by atoms with Crippen molar-refractivity contribution in [1.82, 2.24) is 4.90 Å². The third-order valence-electron chi connectivity index (χ3n) is 5.13. The number of hydrogen-bond acceptors (Lipinski definition) is 5. The minimum absolute atomic E-state index is 0.0360. The second-order valence-electron chi connectivity index (χ2n) is 7.06. The number of methoxy groups -OCH3 is 1. The van der Waals surface area contributed by atoms with E-state index >= 15 is 0 Å². The van der Waals surface area contributed by atoms with Gasteiger partial charge in [-0.25, -0.2) is 0 Å². The lowest BCUT2D eigenvalue weighted by atomic mass is 9.95. The quantitative estimate of drug-likeness (QED) is 0.576. The largest absolute Gasteiger partial charge is 0.503 e. The number of amides is 1. The maximum absolute atomic E-state index is 13.1. The van der Waals surface area contributed by atoms with Gasteiger partial charge in [0.05, 0.1) is 31.5 Å². The molecule has 0 saturated heterocycles. The molecule has 3 aromatic rings. The van der Waals surface area contributed by atoms with Gasteiger partial charge in [-0.3, -0.25) is 9.59 Å². The summed E-state index contributed by atoms with van der Waals surface area (Å²) in [5.41, 5.74) is 1.56. The molecular weight excluding hydrogens is 394 g/mol. The van der Waals surface area contributed by atoms with Crippen molar-refractivity contribution in [2.75, 3.05) is 7.11 Å². The van der Waals surface area contributed by atoms with Crippen LogP contribution in [0.25, 0.3) is 6.08 Å². The van der Waals surface area contributed by atoms with E-state index in [9.17, 15) is 14.7 Å². The Hall–Kier alpha value is -4.06. The number of allylic oxidation sites excluding steroid dienone is 1. The Morgan fingerprint density at radius 3 is 2.48 bits per heavy atom. The summed E-state index contributed by atoms with van der Waals surface area (Å²) < 4.78 is 10.6. The van der Waals surface area contributed by atoms with Gasteiger partial charge in [0, 0.05) is 0 Å². The molecule has 4 rings (SSSR count). The fourth-order valence-corrected chi connectivity index (χ4v) is 3.60. The van der Waals surface area contributed by atoms with Crippen molar-refractivity contribution in [2.24, 2.45) is 0 Å². The standard InChI is InChI=1S/C25H21NO5/c1-30-19-12-10-18(11-13-19)23-22(21(27)14-9-17-6-3-2-4-7-17)24(28)25(29)26(23)16-20-8-5-15-31-20/h2-15,23,28H,16H2,1H3/b14-9+. The minimum atomic E-state index is -0.753. The smallest absolute Gasteiger partial charge is 0.290 e. The Morgan fingerprint density at radius 1 is 1.10 bits per heavy atom. The van der Waals surface area contributed by atoms with E-state index in [-0.39, 0.29) is 12.1 Å². The number of hydrogen-bond donors (Lipinski definition) is 1. The second-order valence-corrected chi connectivity index (χ2v) is 7.06. The van der Waals surface area contributed by atoms with E-state index in [1.54, 1.807) is 49.6 Å². The summed E-state index contributed by atoms with van der Waals surface area (Å²) in [7, 11) is 1.56. The van der Waals surface area contributed by atoms with Crippen LogP contribution in [0.4, 0.5) is 0 Å². The SMILES string of the molecule is COc1ccc(C2C(C(=O)/C=C/c3ccccc3)=C(O)C(=O)N2Cc2ccco2)cc1. The van der Waals surface area contributed by atoms with E-state index in [0.717, 1.165) is 5.56 Å². The molecule has 2 aromatic carbocycles. The van der Waals surface area contributed by atoms with Crippen molar-refractivity contribution in [3.8, 4) is 5.75 Å². The van der Waals surface area contributed by atoms with E-state index in [0.29, 0.717) is 17.1 Å². The van der Waals surface area contributed by atoms with E-state index in [4.69, 9.17) is 9.15 Å². The van der Waals surface area contributed by atoms with Gasteiger partial charge >= 0.3 is 0 Å². The van der Waals surface area contributed by atoms with E-state index in [2.05, 4.69) is 0 Å². The Morgan fingerprint density at radius 2 is 1.84 bits per heavy atom. The molecule has 0 saturated carbocycles. The minimum Gasteiger partial charge on any atom is -0.503 e. The number of rotatable bonds is 7. The zero-order valence-electron chi connectivity index (χ0n) is 16.9. The molecule has 6 heteroatoms. The van der Waals surface area contributed by atoms with Crippen LogP contribution in [0.5, 0.6) is 5.75 Å². The highest BCUT2D eigenvalue weighted by Crippen LogP contribution is 2.39. The van der Waals surface area contributed by atoms with Crippen molar-refractivity contribution in [1.29, 1.82) is 0 Å². The van der Waals surface area contributed by atoms with Gasteiger partial charge in [0.2, 0.25) is 0 Å². The monoisotopic (exact) mass is 415 g/mol. The summed E-state index contributed by atoms with van der Waals surface area (Å²) >= 11 is 0. The van der Waals surface area contributed by atoms with Gasteiger partial charge in [0.1, 0.15) is 11.5 Å². The lowest BCUT2D eigenvalue weighted by Gasteiger charge is -2.26. The van der Waals surface area contributed by atoms with Gasteiger partial charge in [-0.15, -0.1) is 0 Å². The maximum Gasteiger partial charge on any atom is 0.290 e. The Bertz CT molecular complexity index is 1130. The number of carbonyl (C=O) groups is 2. The van der Waals surface area contributed by atoms with Crippen LogP contribution in [0.15, 0.2) is 94.8 Å². The van der Waals surface area contributed by atoms with Crippen LogP contribution in [0.1, 0.15) is 22.9 Å². The number of ketones is 1. The van der Waals surface area contributed by atoms with Crippen molar-refractivity contribution in [3.63, 3.8) is 0 Å². The first-order valence-corrected chi connectivity index (χ1v) is 9.76. The number of aliphatic hydroxyl groups is 1. The molecule has 1 N–H and O–H groups in total. The van der Waals surface area contributed by atoms with E-state index in [1.807, 2.05) is 30.3 Å². The molecule has 0 aliphatic carbocycles. The molecule has 1 aromatic heterocycles. The molecule has 0 fully saturated rings. The molecule has 1 amide bonds. The molecule has 0 bridgehead atoms. The van der Waals surface area contributed by atoms with Gasteiger partial charge in [0.25, 0.3) is 5.91 Å². The number of nitrogens with zero attached hydrogens (tertiary/aromatic N) is 1. The topological polar surface area (TPSA) is 80.0 Å². The van der Waals surface area contributed by atoms with Gasteiger partial charge in [-0.2, -0.15) is 0 Å². The summed E-state index contributed by atoms with van der Waals surface area (Å²) in [6.45, 7) is 0.117. The summed E-state index contributed by atoms with van der Waals surface area (Å²) in [4.78, 5) is 27.4. The lowest BCUT2D eigenvalue weighted by Crippen LogP contribution is -2.30. The van der Waals surface area contributed by atoms with Crippen molar-refractivity contribution < 1.29 is 23.8 Å². The predicted octanol–water partition coefficient (Wildman–Crippen LogP) is 4.47. The Kier molecular flexibility index (Phi) is 5.71. The van der Waals surface area contributed by atoms with E-state index in [1.165, 1.54) is 17.2 Å². The van der Waals surface area contributed by atoms with Gasteiger partial charge in [-0.1, -0.05) is 48.5 Å². The average molecular weight is 415 g/mol. The first-order chi connectivity index (χ1) is 15.1. The fraction of sp³-hybridized carbons (Fsp3) is 0.120. The highest BCUT2D eigenvalue weighted by atomic mass is 16.5. The summed E-state index contributed by atoms with van der Waals surface area (Å²) in [5.74, 6) is -0.398. The number of aliphatic hydroxyl groups excluding tert-OH is 1. The van der Waals surface area contributed by atoms with Crippen molar-refractivity contribution in [2.45, 2.75) is 12.6 Å². The molecule has 1 atom stereocenters. The zero-order chi connectivity index (χ0) is 21.8. The van der Waals surface area contributed by atoms with Gasteiger partial charge in [-0.05, 0) is 41.5 Å². The third-order valence-corrected chi connectivity index (χ3v) is 5.13.